The fraction of sp³-hybridized carbons (Fsp3) is 0.429. The molecule has 2 aliphatic heterocycles. The number of nitrogens with zero attached hydrogens (tertiary/aromatic N) is 2. The molecule has 2 atom stereocenters. The number of benzene rings is 3. The monoisotopic (exact) mass is 535 g/mol. The van der Waals surface area contributed by atoms with E-state index < -0.39 is 0 Å². The van der Waals surface area contributed by atoms with Crippen molar-refractivity contribution in [3.05, 3.63) is 101 Å². The Morgan fingerprint density at radius 1 is 0.825 bits per heavy atom. The van der Waals surface area contributed by atoms with Crippen LogP contribution in [0.5, 0.6) is 0 Å². The second-order valence-electron chi connectivity index (χ2n) is 13.3. The zero-order valence-electron chi connectivity index (χ0n) is 24.2. The van der Waals surface area contributed by atoms with E-state index in [0.29, 0.717) is 23.1 Å². The van der Waals surface area contributed by atoms with Crippen LogP contribution in [0.3, 0.4) is 0 Å². The van der Waals surface area contributed by atoms with E-state index in [0.717, 1.165) is 51.1 Å². The molecule has 3 aromatic carbocycles. The highest BCUT2D eigenvalue weighted by molar-refractivity contribution is 6.05. The topological polar surface area (TPSA) is 52.7 Å². The molecule has 5 heteroatoms. The van der Waals surface area contributed by atoms with Gasteiger partial charge in [-0.25, -0.2) is 0 Å². The lowest BCUT2D eigenvalue weighted by molar-refractivity contribution is 0.0770. The van der Waals surface area contributed by atoms with Gasteiger partial charge in [0.25, 0.3) is 11.8 Å². The third kappa shape index (κ3) is 5.08. The van der Waals surface area contributed by atoms with Crippen molar-refractivity contribution in [1.82, 2.24) is 9.80 Å². The molecule has 2 heterocycles. The molecule has 3 aliphatic rings. The highest BCUT2D eigenvalue weighted by Crippen LogP contribution is 2.46. The smallest absolute Gasteiger partial charge is 0.255 e. The number of carbonyl (C=O) groups excluding carboxylic acids is 2. The predicted octanol–water partition coefficient (Wildman–Crippen LogP) is 6.63. The van der Waals surface area contributed by atoms with Crippen molar-refractivity contribution >= 4 is 17.5 Å². The number of hydrogen-bond acceptors (Lipinski definition) is 3. The van der Waals surface area contributed by atoms with Gasteiger partial charge in [-0.05, 0) is 95.6 Å². The largest absolute Gasteiger partial charge is 0.337 e. The van der Waals surface area contributed by atoms with Gasteiger partial charge in [0, 0.05) is 42.5 Å². The SMILES string of the molecule is CC1(C)CCC(C)(C)c2cc(NC(=O)c3ccc(C(=O)N4CC5CCN(Cc6ccccc6)C5C4)cc3)ccc21. The molecule has 208 valence electrons. The average Bonchev–Trinajstić information content (AvgIpc) is 3.53. The number of fused-ring (bicyclic) bond motifs is 2. The van der Waals surface area contributed by atoms with Crippen LogP contribution in [0, 0.1) is 5.92 Å². The molecule has 0 bridgehead atoms. The molecule has 2 fully saturated rings. The van der Waals surface area contributed by atoms with E-state index in [2.05, 4.69) is 80.4 Å². The maximum Gasteiger partial charge on any atom is 0.255 e. The Morgan fingerprint density at radius 3 is 2.23 bits per heavy atom. The molecule has 40 heavy (non-hydrogen) atoms. The van der Waals surface area contributed by atoms with Crippen LogP contribution < -0.4 is 5.32 Å². The lowest BCUT2D eigenvalue weighted by Crippen LogP contribution is -2.36. The molecule has 0 radical (unpaired) electrons. The van der Waals surface area contributed by atoms with E-state index in [9.17, 15) is 9.59 Å². The normalized spacial score (nSPS) is 22.9. The average molecular weight is 536 g/mol. The molecule has 2 amide bonds. The molecule has 0 spiro atoms. The van der Waals surface area contributed by atoms with Gasteiger partial charge in [-0.2, -0.15) is 0 Å². The van der Waals surface area contributed by atoms with Gasteiger partial charge >= 0.3 is 0 Å². The first-order valence-electron chi connectivity index (χ1n) is 14.7. The number of carbonyl (C=O) groups is 2. The maximum absolute atomic E-state index is 13.4. The van der Waals surface area contributed by atoms with Crippen molar-refractivity contribution in [3.8, 4) is 0 Å². The van der Waals surface area contributed by atoms with E-state index >= 15 is 0 Å². The Balaban J connectivity index is 1.10. The second kappa shape index (κ2) is 10.2. The van der Waals surface area contributed by atoms with E-state index in [1.54, 1.807) is 24.3 Å². The first-order valence-corrected chi connectivity index (χ1v) is 14.7. The zero-order chi connectivity index (χ0) is 28.1. The lowest BCUT2D eigenvalue weighted by atomic mass is 9.63. The molecule has 6 rings (SSSR count). The standard InChI is InChI=1S/C35H41N3O2/c1-34(2)17-18-35(3,4)30-20-28(14-15-29(30)34)36-32(39)25-10-12-26(13-11-25)33(40)38-22-27-16-19-37(31(27)23-38)21-24-8-6-5-7-9-24/h5-15,20,27,31H,16-19,21-23H2,1-4H3,(H,36,39). The van der Waals surface area contributed by atoms with Crippen molar-refractivity contribution in [1.29, 1.82) is 0 Å². The van der Waals surface area contributed by atoms with E-state index in [4.69, 9.17) is 0 Å². The summed E-state index contributed by atoms with van der Waals surface area (Å²) < 4.78 is 0. The van der Waals surface area contributed by atoms with Crippen molar-refractivity contribution in [3.63, 3.8) is 0 Å². The van der Waals surface area contributed by atoms with Gasteiger partial charge < -0.3 is 10.2 Å². The van der Waals surface area contributed by atoms with Crippen LogP contribution in [0.15, 0.2) is 72.8 Å². The number of hydrogen-bond donors (Lipinski definition) is 1. The van der Waals surface area contributed by atoms with Crippen molar-refractivity contribution in [2.45, 2.75) is 70.4 Å². The molecular formula is C35H41N3O2. The second-order valence-corrected chi connectivity index (χ2v) is 13.3. The summed E-state index contributed by atoms with van der Waals surface area (Å²) in [4.78, 5) is 31.0. The van der Waals surface area contributed by atoms with Crippen LogP contribution in [0.4, 0.5) is 5.69 Å². The van der Waals surface area contributed by atoms with Crippen molar-refractivity contribution in [2.75, 3.05) is 25.0 Å². The maximum atomic E-state index is 13.4. The lowest BCUT2D eigenvalue weighted by Gasteiger charge is -2.42. The Bertz CT molecular complexity index is 1410. The molecule has 1 N–H and O–H groups in total. The molecule has 1 aliphatic carbocycles. The molecular weight excluding hydrogens is 494 g/mol. The van der Waals surface area contributed by atoms with Crippen LogP contribution >= 0.6 is 0 Å². The van der Waals surface area contributed by atoms with Crippen LogP contribution in [0.1, 0.15) is 84.4 Å². The van der Waals surface area contributed by atoms with E-state index in [1.165, 1.54) is 16.7 Å². The van der Waals surface area contributed by atoms with Gasteiger partial charge in [-0.3, -0.25) is 14.5 Å². The Labute approximate surface area is 238 Å². The van der Waals surface area contributed by atoms with Crippen molar-refractivity contribution in [2.24, 2.45) is 5.92 Å². The van der Waals surface area contributed by atoms with Gasteiger partial charge in [-0.1, -0.05) is 64.1 Å². The summed E-state index contributed by atoms with van der Waals surface area (Å²) in [5.41, 5.74) is 6.26. The van der Waals surface area contributed by atoms with Crippen LogP contribution in [0.25, 0.3) is 0 Å². The number of likely N-dealkylation sites (tertiary alicyclic amines) is 2. The van der Waals surface area contributed by atoms with E-state index in [1.807, 2.05) is 11.0 Å². The van der Waals surface area contributed by atoms with Crippen LogP contribution in [-0.2, 0) is 17.4 Å². The Kier molecular flexibility index (Phi) is 6.82. The summed E-state index contributed by atoms with van der Waals surface area (Å²) >= 11 is 0. The number of amides is 2. The summed E-state index contributed by atoms with van der Waals surface area (Å²) in [6.07, 6.45) is 3.43. The van der Waals surface area contributed by atoms with Gasteiger partial charge in [-0.15, -0.1) is 0 Å². The number of nitrogens with one attached hydrogen (secondary N) is 1. The zero-order valence-corrected chi connectivity index (χ0v) is 24.2. The molecule has 0 saturated carbocycles. The van der Waals surface area contributed by atoms with E-state index in [-0.39, 0.29) is 22.6 Å². The minimum Gasteiger partial charge on any atom is -0.337 e. The fourth-order valence-electron chi connectivity index (χ4n) is 7.05. The molecule has 2 unspecified atom stereocenters. The summed E-state index contributed by atoms with van der Waals surface area (Å²) in [5.74, 6) is 0.435. The van der Waals surface area contributed by atoms with Crippen molar-refractivity contribution < 1.29 is 9.59 Å². The Hall–Kier alpha value is -3.44. The number of rotatable bonds is 5. The molecule has 0 aromatic heterocycles. The first-order chi connectivity index (χ1) is 19.1. The van der Waals surface area contributed by atoms with Gasteiger partial charge in [0.05, 0.1) is 0 Å². The molecule has 2 saturated heterocycles. The third-order valence-electron chi connectivity index (χ3n) is 9.68. The highest BCUT2D eigenvalue weighted by Gasteiger charge is 2.43. The summed E-state index contributed by atoms with van der Waals surface area (Å²) in [6.45, 7) is 12.8. The van der Waals surface area contributed by atoms with Gasteiger partial charge in [0.2, 0.25) is 0 Å². The predicted molar refractivity (Wildman–Crippen MR) is 161 cm³/mol. The fourth-order valence-corrected chi connectivity index (χ4v) is 7.05. The van der Waals surface area contributed by atoms with Crippen LogP contribution in [-0.4, -0.2) is 47.3 Å². The van der Waals surface area contributed by atoms with Crippen LogP contribution in [0.2, 0.25) is 0 Å². The van der Waals surface area contributed by atoms with Gasteiger partial charge in [0.15, 0.2) is 0 Å². The molecule has 5 nitrogen and oxygen atoms in total. The highest BCUT2D eigenvalue weighted by atomic mass is 16.2. The quantitative estimate of drug-likeness (QED) is 0.399. The third-order valence-corrected chi connectivity index (χ3v) is 9.68. The van der Waals surface area contributed by atoms with Gasteiger partial charge in [0.1, 0.15) is 0 Å². The molecule has 3 aromatic rings. The Morgan fingerprint density at radius 2 is 1.50 bits per heavy atom. The summed E-state index contributed by atoms with van der Waals surface area (Å²) in [7, 11) is 0. The number of anilines is 1. The summed E-state index contributed by atoms with van der Waals surface area (Å²) in [5, 5.41) is 3.09. The minimum absolute atomic E-state index is 0.0561. The minimum atomic E-state index is -0.154. The summed E-state index contributed by atoms with van der Waals surface area (Å²) in [6, 6.07) is 24.5. The first kappa shape index (κ1) is 26.8.